The number of benzene rings is 1. The van der Waals surface area contributed by atoms with Crippen LogP contribution in [-0.4, -0.2) is 77.4 Å². The van der Waals surface area contributed by atoms with Gasteiger partial charge < -0.3 is 29.9 Å². The first-order valence-electron chi connectivity index (χ1n) is 10.3. The van der Waals surface area contributed by atoms with Crippen molar-refractivity contribution in [2.75, 3.05) is 65.4 Å². The smallest absolute Gasteiger partial charge is 0.191 e. The van der Waals surface area contributed by atoms with E-state index in [1.807, 2.05) is 13.1 Å². The molecule has 1 aliphatic heterocycles. The van der Waals surface area contributed by atoms with Crippen molar-refractivity contribution >= 4 is 11.6 Å². The number of nitrogens with one attached hydrogen (secondary N) is 2. The van der Waals surface area contributed by atoms with E-state index in [1.54, 1.807) is 14.2 Å². The third-order valence-corrected chi connectivity index (χ3v) is 5.16. The topological polar surface area (TPSA) is 61.4 Å². The SMILES string of the molecule is CCCN(CC)CCNC(=NC)NC1CCN(c2cc(OC)cc(OC)c2)C1. The average molecular weight is 392 g/mol. The molecule has 0 saturated carbocycles. The fraction of sp³-hybridized carbons (Fsp3) is 0.667. The van der Waals surface area contributed by atoms with Crippen molar-refractivity contribution in [3.63, 3.8) is 0 Å². The molecule has 1 aromatic carbocycles. The second-order valence-electron chi connectivity index (χ2n) is 7.08. The number of ether oxygens (including phenoxy) is 2. The Hall–Kier alpha value is -2.15. The highest BCUT2D eigenvalue weighted by Gasteiger charge is 2.24. The van der Waals surface area contributed by atoms with Crippen molar-refractivity contribution in [1.82, 2.24) is 15.5 Å². The van der Waals surface area contributed by atoms with Crippen LogP contribution in [0.1, 0.15) is 26.7 Å². The van der Waals surface area contributed by atoms with Crippen molar-refractivity contribution in [3.05, 3.63) is 18.2 Å². The third-order valence-electron chi connectivity index (χ3n) is 5.16. The first kappa shape index (κ1) is 22.1. The van der Waals surface area contributed by atoms with Gasteiger partial charge in [-0.2, -0.15) is 0 Å². The van der Waals surface area contributed by atoms with Crippen LogP contribution in [-0.2, 0) is 0 Å². The summed E-state index contributed by atoms with van der Waals surface area (Å²) >= 11 is 0. The number of guanidine groups is 1. The number of hydrogen-bond donors (Lipinski definition) is 2. The van der Waals surface area contributed by atoms with Crippen LogP contribution in [0.2, 0.25) is 0 Å². The second-order valence-corrected chi connectivity index (χ2v) is 7.08. The Kier molecular flexibility index (Phi) is 9.20. The summed E-state index contributed by atoms with van der Waals surface area (Å²) in [6, 6.07) is 6.39. The summed E-state index contributed by atoms with van der Waals surface area (Å²) in [6.45, 7) is 10.5. The summed E-state index contributed by atoms with van der Waals surface area (Å²) < 4.78 is 10.8. The van der Waals surface area contributed by atoms with Gasteiger partial charge in [0.25, 0.3) is 0 Å². The number of anilines is 1. The minimum absolute atomic E-state index is 0.362. The van der Waals surface area contributed by atoms with E-state index in [2.05, 4.69) is 51.4 Å². The number of likely N-dealkylation sites (N-methyl/N-ethyl adjacent to an activating group) is 1. The Morgan fingerprint density at radius 2 is 1.89 bits per heavy atom. The van der Waals surface area contributed by atoms with Crippen LogP contribution in [0.15, 0.2) is 23.2 Å². The van der Waals surface area contributed by atoms with E-state index < -0.39 is 0 Å². The van der Waals surface area contributed by atoms with Gasteiger partial charge in [0.2, 0.25) is 0 Å². The fourth-order valence-corrected chi connectivity index (χ4v) is 3.55. The maximum absolute atomic E-state index is 5.40. The Labute approximate surface area is 170 Å². The fourth-order valence-electron chi connectivity index (χ4n) is 3.55. The molecule has 0 aromatic heterocycles. The largest absolute Gasteiger partial charge is 0.497 e. The first-order valence-corrected chi connectivity index (χ1v) is 10.3. The van der Waals surface area contributed by atoms with Gasteiger partial charge in [0.05, 0.1) is 14.2 Å². The van der Waals surface area contributed by atoms with Crippen molar-refractivity contribution in [2.24, 2.45) is 4.99 Å². The molecule has 1 atom stereocenters. The van der Waals surface area contributed by atoms with Gasteiger partial charge >= 0.3 is 0 Å². The van der Waals surface area contributed by atoms with E-state index in [4.69, 9.17) is 9.47 Å². The van der Waals surface area contributed by atoms with Gasteiger partial charge in [-0.15, -0.1) is 0 Å². The highest BCUT2D eigenvalue weighted by molar-refractivity contribution is 5.80. The number of methoxy groups -OCH3 is 2. The molecule has 1 aromatic rings. The molecule has 1 saturated heterocycles. The van der Waals surface area contributed by atoms with Crippen LogP contribution < -0.4 is 25.0 Å². The van der Waals surface area contributed by atoms with E-state index in [9.17, 15) is 0 Å². The van der Waals surface area contributed by atoms with Gasteiger partial charge in [0.15, 0.2) is 5.96 Å². The Balaban J connectivity index is 1.86. The molecule has 2 N–H and O–H groups in total. The molecule has 7 nitrogen and oxygen atoms in total. The molecule has 7 heteroatoms. The second kappa shape index (κ2) is 11.6. The monoisotopic (exact) mass is 391 g/mol. The summed E-state index contributed by atoms with van der Waals surface area (Å²) in [7, 11) is 5.20. The molecule has 1 fully saturated rings. The van der Waals surface area contributed by atoms with Gasteiger partial charge in [0, 0.05) is 63.2 Å². The summed E-state index contributed by atoms with van der Waals surface area (Å²) in [5.74, 6) is 2.51. The lowest BCUT2D eigenvalue weighted by Crippen LogP contribution is -2.46. The van der Waals surface area contributed by atoms with Crippen LogP contribution >= 0.6 is 0 Å². The van der Waals surface area contributed by atoms with Gasteiger partial charge in [-0.1, -0.05) is 13.8 Å². The minimum Gasteiger partial charge on any atom is -0.497 e. The van der Waals surface area contributed by atoms with E-state index in [0.29, 0.717) is 6.04 Å². The van der Waals surface area contributed by atoms with Gasteiger partial charge in [-0.25, -0.2) is 0 Å². The number of hydrogen-bond acceptors (Lipinski definition) is 5. The highest BCUT2D eigenvalue weighted by Crippen LogP contribution is 2.30. The van der Waals surface area contributed by atoms with Gasteiger partial charge in [0.1, 0.15) is 11.5 Å². The van der Waals surface area contributed by atoms with Gasteiger partial charge in [-0.05, 0) is 25.9 Å². The molecule has 1 unspecified atom stereocenters. The maximum atomic E-state index is 5.40. The lowest BCUT2D eigenvalue weighted by molar-refractivity contribution is 0.293. The molecule has 1 aliphatic rings. The Bertz CT molecular complexity index is 601. The summed E-state index contributed by atoms with van der Waals surface area (Å²) in [5, 5.41) is 7.01. The van der Waals surface area contributed by atoms with Crippen molar-refractivity contribution in [2.45, 2.75) is 32.7 Å². The van der Waals surface area contributed by atoms with Crippen LogP contribution in [0.25, 0.3) is 0 Å². The molecule has 0 aliphatic carbocycles. The van der Waals surface area contributed by atoms with E-state index in [0.717, 1.165) is 68.8 Å². The maximum Gasteiger partial charge on any atom is 0.191 e. The first-order chi connectivity index (χ1) is 13.6. The number of rotatable bonds is 10. The number of aliphatic imine (C=N–C) groups is 1. The lowest BCUT2D eigenvalue weighted by atomic mass is 10.2. The van der Waals surface area contributed by atoms with Crippen LogP contribution in [0.5, 0.6) is 11.5 Å². The molecule has 158 valence electrons. The lowest BCUT2D eigenvalue weighted by Gasteiger charge is -2.23. The molecule has 2 rings (SSSR count). The van der Waals surface area contributed by atoms with Crippen molar-refractivity contribution < 1.29 is 9.47 Å². The Morgan fingerprint density at radius 1 is 1.18 bits per heavy atom. The predicted octanol–water partition coefficient (Wildman–Crippen LogP) is 2.18. The molecular formula is C21H37N5O2. The Morgan fingerprint density at radius 3 is 2.46 bits per heavy atom. The standard InChI is InChI=1S/C21H37N5O2/c1-6-10-25(7-2)12-9-23-21(22-3)24-17-8-11-26(16-17)18-13-19(27-4)15-20(14-18)28-5/h13-15,17H,6-12,16H2,1-5H3,(H2,22,23,24). The van der Waals surface area contributed by atoms with Crippen molar-refractivity contribution in [3.8, 4) is 11.5 Å². The van der Waals surface area contributed by atoms with E-state index in [-0.39, 0.29) is 0 Å². The summed E-state index contributed by atoms with van der Waals surface area (Å²) in [5.41, 5.74) is 1.13. The molecule has 0 bridgehead atoms. The van der Waals surface area contributed by atoms with E-state index >= 15 is 0 Å². The zero-order chi connectivity index (χ0) is 20.4. The summed E-state index contributed by atoms with van der Waals surface area (Å²) in [6.07, 6.45) is 2.25. The molecule has 1 heterocycles. The average Bonchev–Trinajstić information content (AvgIpc) is 3.20. The predicted molar refractivity (Wildman–Crippen MR) is 117 cm³/mol. The van der Waals surface area contributed by atoms with Gasteiger partial charge in [-0.3, -0.25) is 4.99 Å². The molecule has 28 heavy (non-hydrogen) atoms. The van der Waals surface area contributed by atoms with Crippen LogP contribution in [0, 0.1) is 0 Å². The zero-order valence-electron chi connectivity index (χ0n) is 18.1. The normalized spacial score (nSPS) is 17.1. The quantitative estimate of drug-likeness (QED) is 0.471. The molecule has 0 radical (unpaired) electrons. The third kappa shape index (κ3) is 6.48. The summed E-state index contributed by atoms with van der Waals surface area (Å²) in [4.78, 5) is 9.20. The van der Waals surface area contributed by atoms with Crippen LogP contribution in [0.4, 0.5) is 5.69 Å². The molecule has 0 spiro atoms. The molecular weight excluding hydrogens is 354 g/mol. The van der Waals surface area contributed by atoms with Crippen LogP contribution in [0.3, 0.4) is 0 Å². The minimum atomic E-state index is 0.362. The van der Waals surface area contributed by atoms with E-state index in [1.165, 1.54) is 6.42 Å². The highest BCUT2D eigenvalue weighted by atomic mass is 16.5. The number of nitrogens with zero attached hydrogens (tertiary/aromatic N) is 3. The van der Waals surface area contributed by atoms with Crippen molar-refractivity contribution in [1.29, 1.82) is 0 Å². The molecule has 0 amide bonds. The zero-order valence-corrected chi connectivity index (χ0v) is 18.1.